The molecule has 33 heavy (non-hydrogen) atoms. The molecule has 2 heterocycles. The van der Waals surface area contributed by atoms with E-state index in [9.17, 15) is 9.18 Å². The van der Waals surface area contributed by atoms with Gasteiger partial charge in [-0.15, -0.1) is 0 Å². The van der Waals surface area contributed by atoms with Crippen LogP contribution in [0.3, 0.4) is 0 Å². The summed E-state index contributed by atoms with van der Waals surface area (Å²) in [5.41, 5.74) is 2.90. The molecule has 2 fully saturated rings. The second-order valence-electron chi connectivity index (χ2n) is 10.4. The van der Waals surface area contributed by atoms with Crippen LogP contribution in [0, 0.1) is 40.3 Å². The van der Waals surface area contributed by atoms with Crippen molar-refractivity contribution in [2.45, 2.75) is 51.9 Å². The Morgan fingerprint density at radius 1 is 1.09 bits per heavy atom. The van der Waals surface area contributed by atoms with Gasteiger partial charge in [0.25, 0.3) is 0 Å². The van der Waals surface area contributed by atoms with E-state index >= 15 is 0 Å². The maximum atomic E-state index is 13.9. The van der Waals surface area contributed by atoms with Crippen molar-refractivity contribution in [3.05, 3.63) is 71.4 Å². The number of hydrogen-bond donors (Lipinski definition) is 0. The number of benzene rings is 1. The third-order valence-corrected chi connectivity index (χ3v) is 8.23. The van der Waals surface area contributed by atoms with Crippen molar-refractivity contribution < 1.29 is 9.18 Å². The van der Waals surface area contributed by atoms with Crippen LogP contribution in [0.25, 0.3) is 10.9 Å². The van der Waals surface area contributed by atoms with Crippen molar-refractivity contribution in [1.29, 1.82) is 5.26 Å². The Balaban J connectivity index is 1.27. The Morgan fingerprint density at radius 2 is 1.85 bits per heavy atom. The second kappa shape index (κ2) is 8.33. The molecular weight excluding hydrogens is 413 g/mol. The molecule has 2 saturated carbocycles. The third kappa shape index (κ3) is 4.04. The van der Waals surface area contributed by atoms with Crippen LogP contribution in [0.4, 0.5) is 4.39 Å². The van der Waals surface area contributed by atoms with Crippen LogP contribution >= 0.6 is 0 Å². The molecular formula is C28H28FN3O. The van der Waals surface area contributed by atoms with Crippen LogP contribution in [0.5, 0.6) is 0 Å². The van der Waals surface area contributed by atoms with Gasteiger partial charge in [-0.25, -0.2) is 4.39 Å². The summed E-state index contributed by atoms with van der Waals surface area (Å²) in [5, 5.41) is 9.88. The van der Waals surface area contributed by atoms with Gasteiger partial charge in [-0.3, -0.25) is 14.8 Å². The molecule has 2 aromatic heterocycles. The van der Waals surface area contributed by atoms with Crippen molar-refractivity contribution >= 4 is 16.7 Å². The normalized spacial score (nSPS) is 24.5. The lowest BCUT2D eigenvalue weighted by atomic mass is 9.72. The number of aromatic nitrogens is 2. The molecule has 0 amide bonds. The molecule has 1 aromatic carbocycles. The summed E-state index contributed by atoms with van der Waals surface area (Å²) in [6.07, 6.45) is 8.00. The zero-order valence-electron chi connectivity index (χ0n) is 19.1. The van der Waals surface area contributed by atoms with Gasteiger partial charge in [0.15, 0.2) is 0 Å². The summed E-state index contributed by atoms with van der Waals surface area (Å²) in [4.78, 5) is 21.9. The molecule has 4 nitrogen and oxygen atoms in total. The van der Waals surface area contributed by atoms with Gasteiger partial charge in [0.2, 0.25) is 0 Å². The van der Waals surface area contributed by atoms with Crippen LogP contribution in [0.15, 0.2) is 48.8 Å². The number of carbonyl (C=O) groups excluding carboxylic acids is 1. The highest BCUT2D eigenvalue weighted by atomic mass is 19.1. The van der Waals surface area contributed by atoms with Gasteiger partial charge in [-0.1, -0.05) is 13.8 Å². The van der Waals surface area contributed by atoms with E-state index in [1.54, 1.807) is 24.3 Å². The molecule has 0 spiro atoms. The second-order valence-corrected chi connectivity index (χ2v) is 10.4. The number of rotatable bonds is 5. The first kappa shape index (κ1) is 21.7. The van der Waals surface area contributed by atoms with Crippen molar-refractivity contribution in [3.8, 4) is 6.07 Å². The van der Waals surface area contributed by atoms with Gasteiger partial charge in [-0.05, 0) is 91.3 Å². The Bertz CT molecular complexity index is 1230. The molecule has 0 aliphatic heterocycles. The molecule has 3 aromatic rings. The van der Waals surface area contributed by atoms with Crippen molar-refractivity contribution in [2.24, 2.45) is 23.2 Å². The van der Waals surface area contributed by atoms with Crippen molar-refractivity contribution in [3.63, 3.8) is 0 Å². The fraction of sp³-hybridized carbons (Fsp3) is 0.429. The summed E-state index contributed by atoms with van der Waals surface area (Å²) in [7, 11) is 0. The largest absolute Gasteiger partial charge is 0.299 e. The van der Waals surface area contributed by atoms with Crippen molar-refractivity contribution in [1.82, 2.24) is 9.97 Å². The monoisotopic (exact) mass is 441 g/mol. The predicted octanol–water partition coefficient (Wildman–Crippen LogP) is 6.00. The smallest absolute Gasteiger partial charge is 0.144 e. The molecule has 0 bridgehead atoms. The molecule has 0 N–H and O–H groups in total. The quantitative estimate of drug-likeness (QED) is 0.487. The van der Waals surface area contributed by atoms with E-state index in [0.717, 1.165) is 42.3 Å². The number of halogens is 1. The van der Waals surface area contributed by atoms with Gasteiger partial charge in [0, 0.05) is 35.3 Å². The summed E-state index contributed by atoms with van der Waals surface area (Å²) in [6, 6.07) is 12.5. The number of Topliss-reactive ketones (excluding diaryl/α,β-unsaturated/α-hetero) is 1. The van der Waals surface area contributed by atoms with Gasteiger partial charge < -0.3 is 0 Å². The summed E-state index contributed by atoms with van der Waals surface area (Å²) < 4.78 is 13.9. The Labute approximate surface area is 193 Å². The maximum absolute atomic E-state index is 13.9. The first-order valence-corrected chi connectivity index (χ1v) is 11.8. The maximum Gasteiger partial charge on any atom is 0.144 e. The van der Waals surface area contributed by atoms with Crippen LogP contribution in [-0.2, 0) is 11.2 Å². The number of carbonyl (C=O) groups is 1. The molecule has 0 saturated heterocycles. The van der Waals surface area contributed by atoms with E-state index in [1.807, 2.05) is 6.20 Å². The summed E-state index contributed by atoms with van der Waals surface area (Å²) in [6.45, 7) is 4.17. The average molecular weight is 442 g/mol. The molecule has 5 heteroatoms. The highest BCUT2D eigenvalue weighted by Crippen LogP contribution is 2.56. The van der Waals surface area contributed by atoms with E-state index in [-0.39, 0.29) is 11.6 Å². The third-order valence-electron chi connectivity index (χ3n) is 8.23. The number of fused-ring (bicyclic) bond motifs is 2. The van der Waals surface area contributed by atoms with E-state index in [4.69, 9.17) is 5.26 Å². The molecule has 168 valence electrons. The first-order valence-electron chi connectivity index (χ1n) is 11.8. The van der Waals surface area contributed by atoms with E-state index in [2.05, 4.69) is 36.0 Å². The fourth-order valence-corrected chi connectivity index (χ4v) is 6.17. The van der Waals surface area contributed by atoms with Gasteiger partial charge >= 0.3 is 0 Å². The van der Waals surface area contributed by atoms with Gasteiger partial charge in [-0.2, -0.15) is 5.26 Å². The number of hydrogen-bond acceptors (Lipinski definition) is 4. The van der Waals surface area contributed by atoms with Crippen LogP contribution in [-0.4, -0.2) is 15.8 Å². The van der Waals surface area contributed by atoms with E-state index < -0.39 is 5.41 Å². The minimum Gasteiger partial charge on any atom is -0.299 e. The number of pyridine rings is 2. The van der Waals surface area contributed by atoms with Crippen LogP contribution < -0.4 is 0 Å². The SMILES string of the molecule is CC(C)(C(=O)Cc1ccc(C#N)cn1)C1C[C@H]2CC(c3ccnc4ccc(F)cc34)C[C@H]2C1. The highest BCUT2D eigenvalue weighted by Gasteiger charge is 2.48. The molecule has 4 atom stereocenters. The summed E-state index contributed by atoms with van der Waals surface area (Å²) in [5.74, 6) is 2.01. The topological polar surface area (TPSA) is 66.6 Å². The molecule has 0 radical (unpaired) electrons. The molecule has 2 unspecified atom stereocenters. The predicted molar refractivity (Wildman–Crippen MR) is 125 cm³/mol. The zero-order valence-corrected chi connectivity index (χ0v) is 19.1. The zero-order chi connectivity index (χ0) is 23.2. The number of ketones is 1. The highest BCUT2D eigenvalue weighted by molar-refractivity contribution is 5.86. The molecule has 2 aliphatic carbocycles. The first-order chi connectivity index (χ1) is 15.8. The minimum absolute atomic E-state index is 0.216. The van der Waals surface area contributed by atoms with Crippen LogP contribution in [0.2, 0.25) is 0 Å². The fourth-order valence-electron chi connectivity index (χ4n) is 6.17. The Morgan fingerprint density at radius 3 is 2.52 bits per heavy atom. The summed E-state index contributed by atoms with van der Waals surface area (Å²) >= 11 is 0. The lowest BCUT2D eigenvalue weighted by molar-refractivity contribution is -0.129. The Kier molecular flexibility index (Phi) is 5.48. The number of nitrogens with zero attached hydrogens (tertiary/aromatic N) is 3. The van der Waals surface area contributed by atoms with Crippen molar-refractivity contribution in [2.75, 3.05) is 0 Å². The number of nitriles is 1. The van der Waals surface area contributed by atoms with E-state index in [0.29, 0.717) is 35.7 Å². The molecule has 5 rings (SSSR count). The lowest BCUT2D eigenvalue weighted by Crippen LogP contribution is -2.33. The lowest BCUT2D eigenvalue weighted by Gasteiger charge is -2.31. The van der Waals surface area contributed by atoms with Crippen LogP contribution in [0.1, 0.15) is 62.3 Å². The molecule has 2 aliphatic rings. The van der Waals surface area contributed by atoms with Gasteiger partial charge in [0.1, 0.15) is 17.7 Å². The average Bonchev–Trinajstić information content (AvgIpc) is 3.39. The Hall–Kier alpha value is -3.13. The van der Waals surface area contributed by atoms with Gasteiger partial charge in [0.05, 0.1) is 11.1 Å². The van der Waals surface area contributed by atoms with E-state index in [1.165, 1.54) is 17.8 Å². The minimum atomic E-state index is -0.401. The standard InChI is InChI=1S/C28H28FN3O/c1-28(2,27(33)14-23-5-3-17(15-30)16-32-23)21-11-18-9-20(10-19(18)12-21)24-7-8-31-26-6-4-22(29)13-25(24)26/h3-8,13,16,18-21H,9-12,14H2,1-2H3/t18-,19+,20?,21?.